The Morgan fingerprint density at radius 3 is 2.27 bits per heavy atom. The van der Waals surface area contributed by atoms with Crippen LogP contribution in [0.4, 0.5) is 4.39 Å². The zero-order chi connectivity index (χ0) is 8.27. The Labute approximate surface area is 65.8 Å². The lowest BCUT2D eigenvalue weighted by atomic mass is 10.2. The summed E-state index contributed by atoms with van der Waals surface area (Å²) in [6, 6.07) is 7.28. The van der Waals surface area contributed by atoms with Gasteiger partial charge in [0.1, 0.15) is 5.75 Å². The van der Waals surface area contributed by atoms with Crippen LogP contribution in [0.3, 0.4) is 0 Å². The Balaban J connectivity index is 2.66. The van der Waals surface area contributed by atoms with E-state index in [1.807, 2.05) is 19.1 Å². The molecule has 1 atom stereocenters. The van der Waals surface area contributed by atoms with E-state index >= 15 is 0 Å². The molecule has 0 radical (unpaired) electrons. The van der Waals surface area contributed by atoms with Gasteiger partial charge in [0.15, 0.2) is 0 Å². The Bertz CT molecular complexity index is 216. The van der Waals surface area contributed by atoms with Gasteiger partial charge in [0.05, 0.1) is 0 Å². The fourth-order valence-corrected chi connectivity index (χ4v) is 0.804. The lowest BCUT2D eigenvalue weighted by Gasteiger charge is -2.05. The molecule has 0 aliphatic heterocycles. The number of hydrogen-bond acceptors (Lipinski definition) is 1. The number of hydrogen-bond donors (Lipinski definition) is 0. The highest BCUT2D eigenvalue weighted by Gasteiger charge is 1.97. The van der Waals surface area contributed by atoms with Gasteiger partial charge in [-0.05, 0) is 19.1 Å². The van der Waals surface area contributed by atoms with Gasteiger partial charge in [-0.25, -0.2) is 4.39 Å². The van der Waals surface area contributed by atoms with Gasteiger partial charge in [-0.2, -0.15) is 0 Å². The van der Waals surface area contributed by atoms with Gasteiger partial charge >= 0.3 is 0 Å². The van der Waals surface area contributed by atoms with E-state index in [9.17, 15) is 4.39 Å². The zero-order valence-electron chi connectivity index (χ0n) is 6.67. The van der Waals surface area contributed by atoms with E-state index in [1.165, 1.54) is 6.92 Å². The van der Waals surface area contributed by atoms with Gasteiger partial charge in [0.2, 0.25) is 6.36 Å². The van der Waals surface area contributed by atoms with Crippen molar-refractivity contribution < 1.29 is 9.13 Å². The molecule has 1 rings (SSSR count). The second kappa shape index (κ2) is 3.37. The summed E-state index contributed by atoms with van der Waals surface area (Å²) in [5, 5.41) is 0. The average Bonchev–Trinajstić information content (AvgIpc) is 1.93. The predicted octanol–water partition coefficient (Wildman–Crippen LogP) is 2.69. The van der Waals surface area contributed by atoms with E-state index in [0.717, 1.165) is 5.56 Å². The molecule has 0 saturated carbocycles. The molecular weight excluding hydrogens is 143 g/mol. The van der Waals surface area contributed by atoms with Crippen molar-refractivity contribution in [1.29, 1.82) is 0 Å². The van der Waals surface area contributed by atoms with Gasteiger partial charge in [0.25, 0.3) is 0 Å². The summed E-state index contributed by atoms with van der Waals surface area (Å²) in [6.45, 7) is 3.34. The molecule has 0 spiro atoms. The molecule has 0 aliphatic carbocycles. The molecule has 11 heavy (non-hydrogen) atoms. The van der Waals surface area contributed by atoms with Crippen molar-refractivity contribution >= 4 is 0 Å². The Morgan fingerprint density at radius 2 is 1.82 bits per heavy atom. The van der Waals surface area contributed by atoms with E-state index in [-0.39, 0.29) is 0 Å². The van der Waals surface area contributed by atoms with Crippen LogP contribution in [-0.4, -0.2) is 6.36 Å². The Hall–Kier alpha value is -1.05. The molecule has 0 aliphatic rings. The number of alkyl halides is 1. The van der Waals surface area contributed by atoms with Gasteiger partial charge in [-0.15, -0.1) is 0 Å². The second-order valence-corrected chi connectivity index (χ2v) is 2.47. The molecule has 0 fully saturated rings. The van der Waals surface area contributed by atoms with E-state index in [0.29, 0.717) is 5.75 Å². The standard InChI is InChI=1S/C9H11FO/c1-7-3-5-9(6-4-7)11-8(2)10/h3-6,8H,1-2H3. The van der Waals surface area contributed by atoms with Crippen molar-refractivity contribution in [3.05, 3.63) is 29.8 Å². The summed E-state index contributed by atoms with van der Waals surface area (Å²) in [5.41, 5.74) is 1.14. The van der Waals surface area contributed by atoms with E-state index in [2.05, 4.69) is 0 Å². The molecule has 0 N–H and O–H groups in total. The highest BCUT2D eigenvalue weighted by Crippen LogP contribution is 2.13. The van der Waals surface area contributed by atoms with Crippen LogP contribution in [0.5, 0.6) is 5.75 Å². The number of aryl methyl sites for hydroxylation is 1. The van der Waals surface area contributed by atoms with Gasteiger partial charge < -0.3 is 4.74 Å². The normalized spacial score (nSPS) is 12.6. The van der Waals surface area contributed by atoms with E-state index in [1.54, 1.807) is 12.1 Å². The number of benzene rings is 1. The SMILES string of the molecule is Cc1ccc(OC(C)F)cc1. The molecular formula is C9H11FO. The lowest BCUT2D eigenvalue weighted by molar-refractivity contribution is 0.0860. The summed E-state index contributed by atoms with van der Waals surface area (Å²) in [5.74, 6) is 0.575. The third-order valence-electron chi connectivity index (χ3n) is 1.32. The highest BCUT2D eigenvalue weighted by atomic mass is 19.1. The largest absolute Gasteiger partial charge is 0.461 e. The maximum Gasteiger partial charge on any atom is 0.235 e. The van der Waals surface area contributed by atoms with Crippen LogP contribution < -0.4 is 4.74 Å². The van der Waals surface area contributed by atoms with Crippen LogP contribution in [0.25, 0.3) is 0 Å². The molecule has 1 unspecified atom stereocenters. The van der Waals surface area contributed by atoms with Crippen LogP contribution in [-0.2, 0) is 0 Å². The molecule has 0 saturated heterocycles. The number of rotatable bonds is 2. The van der Waals surface area contributed by atoms with Crippen LogP contribution in [0.15, 0.2) is 24.3 Å². The minimum absolute atomic E-state index is 0.575. The first-order chi connectivity index (χ1) is 5.18. The average molecular weight is 154 g/mol. The van der Waals surface area contributed by atoms with Crippen molar-refractivity contribution in [2.24, 2.45) is 0 Å². The van der Waals surface area contributed by atoms with Crippen molar-refractivity contribution in [3.8, 4) is 5.75 Å². The molecule has 1 aromatic rings. The zero-order valence-corrected chi connectivity index (χ0v) is 6.67. The van der Waals surface area contributed by atoms with Crippen LogP contribution in [0.2, 0.25) is 0 Å². The minimum atomic E-state index is -1.24. The fourth-order valence-electron chi connectivity index (χ4n) is 0.804. The molecule has 1 aromatic carbocycles. The maximum atomic E-state index is 12.3. The first-order valence-corrected chi connectivity index (χ1v) is 3.56. The van der Waals surface area contributed by atoms with Gasteiger partial charge in [-0.1, -0.05) is 17.7 Å². The smallest absolute Gasteiger partial charge is 0.235 e. The topological polar surface area (TPSA) is 9.23 Å². The van der Waals surface area contributed by atoms with Crippen LogP contribution in [0, 0.1) is 6.92 Å². The van der Waals surface area contributed by atoms with Gasteiger partial charge in [0, 0.05) is 6.92 Å². The summed E-state index contributed by atoms with van der Waals surface area (Å²) in [4.78, 5) is 0. The third kappa shape index (κ3) is 2.58. The summed E-state index contributed by atoms with van der Waals surface area (Å²) in [7, 11) is 0. The number of halogens is 1. The van der Waals surface area contributed by atoms with E-state index in [4.69, 9.17) is 4.74 Å². The molecule has 0 heterocycles. The third-order valence-corrected chi connectivity index (χ3v) is 1.32. The fraction of sp³-hybridized carbons (Fsp3) is 0.333. The number of ether oxygens (including phenoxy) is 1. The predicted molar refractivity (Wildman–Crippen MR) is 42.4 cm³/mol. The molecule has 0 aromatic heterocycles. The van der Waals surface area contributed by atoms with Crippen molar-refractivity contribution in [1.82, 2.24) is 0 Å². The molecule has 1 nitrogen and oxygen atoms in total. The molecule has 60 valence electrons. The van der Waals surface area contributed by atoms with Crippen LogP contribution >= 0.6 is 0 Å². The van der Waals surface area contributed by atoms with Gasteiger partial charge in [-0.3, -0.25) is 0 Å². The van der Waals surface area contributed by atoms with Crippen molar-refractivity contribution in [3.63, 3.8) is 0 Å². The Morgan fingerprint density at radius 1 is 1.27 bits per heavy atom. The quantitative estimate of drug-likeness (QED) is 0.636. The summed E-state index contributed by atoms with van der Waals surface area (Å²) >= 11 is 0. The van der Waals surface area contributed by atoms with Crippen molar-refractivity contribution in [2.75, 3.05) is 0 Å². The monoisotopic (exact) mass is 154 g/mol. The Kier molecular flexibility index (Phi) is 2.47. The summed E-state index contributed by atoms with van der Waals surface area (Å²) in [6.07, 6.45) is -1.24. The van der Waals surface area contributed by atoms with Crippen molar-refractivity contribution in [2.45, 2.75) is 20.2 Å². The first-order valence-electron chi connectivity index (χ1n) is 3.56. The second-order valence-electron chi connectivity index (χ2n) is 2.47. The molecule has 2 heteroatoms. The molecule has 0 bridgehead atoms. The maximum absolute atomic E-state index is 12.3. The lowest BCUT2D eigenvalue weighted by Crippen LogP contribution is -2.03. The highest BCUT2D eigenvalue weighted by molar-refractivity contribution is 5.26. The van der Waals surface area contributed by atoms with Crippen LogP contribution in [0.1, 0.15) is 12.5 Å². The first kappa shape index (κ1) is 8.05. The molecule has 0 amide bonds. The van der Waals surface area contributed by atoms with E-state index < -0.39 is 6.36 Å². The summed E-state index contributed by atoms with van der Waals surface area (Å²) < 4.78 is 17.1. The minimum Gasteiger partial charge on any atom is -0.461 e.